The van der Waals surface area contributed by atoms with Crippen molar-refractivity contribution in [2.75, 3.05) is 6.54 Å². The number of hydrogen-bond acceptors (Lipinski definition) is 3. The monoisotopic (exact) mass is 311 g/mol. The van der Waals surface area contributed by atoms with E-state index in [0.717, 1.165) is 12.1 Å². The maximum atomic E-state index is 12.4. The van der Waals surface area contributed by atoms with Gasteiger partial charge in [-0.3, -0.25) is 9.59 Å². The Morgan fingerprint density at radius 1 is 1.30 bits per heavy atom. The molecule has 1 aromatic rings. The van der Waals surface area contributed by atoms with Crippen molar-refractivity contribution < 1.29 is 33.0 Å². The normalized spacial score (nSPS) is 11.2. The third-order valence-corrected chi connectivity index (χ3v) is 2.49. The Balaban J connectivity index is 3.04. The standard InChI is InChI=1S/C11H9ClF3NO4/c12-7-1-2-8(17)6(3-7)4-16(5-9(18)19)10(20)11(13,14)15/h1-3,17H,4-5H2,(H,18,19). The van der Waals surface area contributed by atoms with Crippen LogP contribution >= 0.6 is 11.6 Å². The highest BCUT2D eigenvalue weighted by Crippen LogP contribution is 2.25. The molecule has 0 spiro atoms. The highest BCUT2D eigenvalue weighted by molar-refractivity contribution is 6.30. The zero-order valence-corrected chi connectivity index (χ0v) is 10.6. The summed E-state index contributed by atoms with van der Waals surface area (Å²) in [5, 5.41) is 18.2. The molecule has 9 heteroatoms. The van der Waals surface area contributed by atoms with Gasteiger partial charge < -0.3 is 15.1 Å². The molecule has 2 N–H and O–H groups in total. The Morgan fingerprint density at radius 3 is 2.40 bits per heavy atom. The summed E-state index contributed by atoms with van der Waals surface area (Å²) in [6.07, 6.45) is -5.20. The van der Waals surface area contributed by atoms with Crippen molar-refractivity contribution in [1.82, 2.24) is 4.90 Å². The van der Waals surface area contributed by atoms with Crippen molar-refractivity contribution in [2.24, 2.45) is 0 Å². The molecule has 0 aliphatic carbocycles. The first kappa shape index (κ1) is 16.1. The number of phenols is 1. The van der Waals surface area contributed by atoms with E-state index in [4.69, 9.17) is 16.7 Å². The molecule has 5 nitrogen and oxygen atoms in total. The number of carboxylic acids is 1. The highest BCUT2D eigenvalue weighted by atomic mass is 35.5. The van der Waals surface area contributed by atoms with E-state index >= 15 is 0 Å². The predicted molar refractivity (Wildman–Crippen MR) is 62.2 cm³/mol. The van der Waals surface area contributed by atoms with Crippen LogP contribution in [0.4, 0.5) is 13.2 Å². The smallest absolute Gasteiger partial charge is 0.471 e. The fraction of sp³-hybridized carbons (Fsp3) is 0.273. The van der Waals surface area contributed by atoms with Crippen LogP contribution in [-0.4, -0.2) is 39.7 Å². The number of hydrogen-bond donors (Lipinski definition) is 2. The summed E-state index contributed by atoms with van der Waals surface area (Å²) in [6, 6.07) is 3.58. The minimum atomic E-state index is -5.20. The lowest BCUT2D eigenvalue weighted by Crippen LogP contribution is -2.43. The van der Waals surface area contributed by atoms with Crippen LogP contribution in [-0.2, 0) is 16.1 Å². The first-order chi connectivity index (χ1) is 9.11. The topological polar surface area (TPSA) is 77.8 Å². The molecule has 1 amide bonds. The zero-order chi connectivity index (χ0) is 15.5. The minimum Gasteiger partial charge on any atom is -0.508 e. The Bertz CT molecular complexity index is 533. The summed E-state index contributed by atoms with van der Waals surface area (Å²) in [5.74, 6) is -4.30. The number of alkyl halides is 3. The van der Waals surface area contributed by atoms with Gasteiger partial charge >= 0.3 is 18.1 Å². The lowest BCUT2D eigenvalue weighted by molar-refractivity contribution is -0.187. The molecule has 0 radical (unpaired) electrons. The molecule has 20 heavy (non-hydrogen) atoms. The van der Waals surface area contributed by atoms with E-state index in [0.29, 0.717) is 0 Å². The number of phenolic OH excluding ortho intramolecular Hbond substituents is 1. The Hall–Kier alpha value is -1.96. The van der Waals surface area contributed by atoms with Gasteiger partial charge in [0.2, 0.25) is 0 Å². The lowest BCUT2D eigenvalue weighted by Gasteiger charge is -2.22. The molecule has 0 heterocycles. The van der Waals surface area contributed by atoms with Crippen molar-refractivity contribution in [2.45, 2.75) is 12.7 Å². The van der Waals surface area contributed by atoms with Gasteiger partial charge in [0, 0.05) is 10.6 Å². The maximum absolute atomic E-state index is 12.4. The summed E-state index contributed by atoms with van der Waals surface area (Å²) >= 11 is 5.62. The van der Waals surface area contributed by atoms with Gasteiger partial charge in [-0.25, -0.2) is 0 Å². The molecule has 0 fully saturated rings. The van der Waals surface area contributed by atoms with Crippen LogP contribution in [0.5, 0.6) is 5.75 Å². The number of amides is 1. The Morgan fingerprint density at radius 2 is 1.90 bits per heavy atom. The molecule has 1 aromatic carbocycles. The van der Waals surface area contributed by atoms with Gasteiger partial charge in [0.15, 0.2) is 0 Å². The molecular formula is C11H9ClF3NO4. The van der Waals surface area contributed by atoms with E-state index in [2.05, 4.69) is 0 Å². The molecular weight excluding hydrogens is 303 g/mol. The quantitative estimate of drug-likeness (QED) is 0.892. The van der Waals surface area contributed by atoms with E-state index in [1.807, 2.05) is 0 Å². The van der Waals surface area contributed by atoms with Crippen molar-refractivity contribution in [1.29, 1.82) is 0 Å². The molecule has 0 saturated heterocycles. The van der Waals surface area contributed by atoms with Gasteiger partial charge in [0.1, 0.15) is 12.3 Å². The average Bonchev–Trinajstić information content (AvgIpc) is 2.30. The number of nitrogens with zero attached hydrogens (tertiary/aromatic N) is 1. The van der Waals surface area contributed by atoms with Crippen LogP contribution in [0.25, 0.3) is 0 Å². The fourth-order valence-electron chi connectivity index (χ4n) is 1.43. The largest absolute Gasteiger partial charge is 0.508 e. The number of carbonyl (C=O) groups excluding carboxylic acids is 1. The third-order valence-electron chi connectivity index (χ3n) is 2.26. The number of aromatic hydroxyl groups is 1. The van der Waals surface area contributed by atoms with Gasteiger partial charge in [-0.2, -0.15) is 13.2 Å². The van der Waals surface area contributed by atoms with Crippen molar-refractivity contribution in [3.8, 4) is 5.75 Å². The van der Waals surface area contributed by atoms with Crippen LogP contribution < -0.4 is 0 Å². The van der Waals surface area contributed by atoms with Gasteiger partial charge in [-0.15, -0.1) is 0 Å². The lowest BCUT2D eigenvalue weighted by atomic mass is 10.2. The summed E-state index contributed by atoms with van der Waals surface area (Å²) < 4.78 is 37.1. The summed E-state index contributed by atoms with van der Waals surface area (Å²) in [6.45, 7) is -1.87. The van der Waals surface area contributed by atoms with Gasteiger partial charge in [0.25, 0.3) is 0 Å². The zero-order valence-electron chi connectivity index (χ0n) is 9.82. The van der Waals surface area contributed by atoms with E-state index in [1.165, 1.54) is 6.07 Å². The highest BCUT2D eigenvalue weighted by Gasteiger charge is 2.43. The van der Waals surface area contributed by atoms with Gasteiger partial charge in [-0.1, -0.05) is 11.6 Å². The molecule has 110 valence electrons. The van der Waals surface area contributed by atoms with Crippen LogP contribution in [0, 0.1) is 0 Å². The molecule has 0 unspecified atom stereocenters. The first-order valence-corrected chi connectivity index (χ1v) is 5.54. The third kappa shape index (κ3) is 4.30. The number of carboxylic acid groups (broad SMARTS) is 1. The molecule has 0 saturated carbocycles. The van der Waals surface area contributed by atoms with Crippen molar-refractivity contribution in [3.05, 3.63) is 28.8 Å². The maximum Gasteiger partial charge on any atom is 0.471 e. The van der Waals surface area contributed by atoms with E-state index in [9.17, 15) is 27.9 Å². The van der Waals surface area contributed by atoms with E-state index in [-0.39, 0.29) is 21.2 Å². The Kier molecular flexibility index (Phi) is 4.83. The van der Waals surface area contributed by atoms with Crippen molar-refractivity contribution >= 4 is 23.5 Å². The number of rotatable bonds is 4. The predicted octanol–water partition coefficient (Wildman–Crippen LogP) is 2.02. The fourth-order valence-corrected chi connectivity index (χ4v) is 1.62. The molecule has 0 bridgehead atoms. The van der Waals surface area contributed by atoms with E-state index in [1.54, 1.807) is 0 Å². The Labute approximate surface area is 116 Å². The second-order valence-corrected chi connectivity index (χ2v) is 4.26. The van der Waals surface area contributed by atoms with Gasteiger partial charge in [-0.05, 0) is 18.2 Å². The average molecular weight is 312 g/mol. The van der Waals surface area contributed by atoms with Crippen molar-refractivity contribution in [3.63, 3.8) is 0 Å². The van der Waals surface area contributed by atoms with Crippen LogP contribution in [0.15, 0.2) is 18.2 Å². The molecule has 0 atom stereocenters. The number of carbonyl (C=O) groups is 2. The summed E-state index contributed by atoms with van der Waals surface area (Å²) in [5.41, 5.74) is -0.0867. The summed E-state index contributed by atoms with van der Waals surface area (Å²) in [4.78, 5) is 21.7. The number of benzene rings is 1. The number of aliphatic carboxylic acids is 1. The van der Waals surface area contributed by atoms with Gasteiger partial charge in [0.05, 0.1) is 6.54 Å². The SMILES string of the molecule is O=C(O)CN(Cc1cc(Cl)ccc1O)C(=O)C(F)(F)F. The van der Waals surface area contributed by atoms with Crippen LogP contribution in [0.2, 0.25) is 5.02 Å². The molecule has 0 aromatic heterocycles. The number of halogens is 4. The second kappa shape index (κ2) is 6.00. The minimum absolute atomic E-state index is 0.0632. The molecule has 0 aliphatic heterocycles. The summed E-state index contributed by atoms with van der Waals surface area (Å²) in [7, 11) is 0. The van der Waals surface area contributed by atoms with Crippen LogP contribution in [0.1, 0.15) is 5.56 Å². The molecule has 1 rings (SSSR count). The van der Waals surface area contributed by atoms with Crippen LogP contribution in [0.3, 0.4) is 0 Å². The molecule has 0 aliphatic rings. The second-order valence-electron chi connectivity index (χ2n) is 3.83. The van der Waals surface area contributed by atoms with E-state index < -0.39 is 31.1 Å². The first-order valence-electron chi connectivity index (χ1n) is 5.16.